The number of sulfone groups is 1. The van der Waals surface area contributed by atoms with Crippen LogP contribution in [0.4, 0.5) is 0 Å². The van der Waals surface area contributed by atoms with Crippen LogP contribution in [0.3, 0.4) is 0 Å². The van der Waals surface area contributed by atoms with Crippen LogP contribution < -0.4 is 5.32 Å². The molecule has 1 atom stereocenters. The van der Waals surface area contributed by atoms with E-state index in [1.807, 2.05) is 37.1 Å². The smallest absolute Gasteiger partial charge is 0.193 e. The molecule has 142 valence electrons. The maximum atomic E-state index is 12.6. The average molecular weight is 414 g/mol. The number of nitrogens with one attached hydrogen (secondary N) is 1. The lowest BCUT2D eigenvalue weighted by Gasteiger charge is -2.26. The van der Waals surface area contributed by atoms with Gasteiger partial charge in [0.05, 0.1) is 21.5 Å². The lowest BCUT2D eigenvalue weighted by atomic mass is 10.2. The molecule has 0 fully saturated rings. The van der Waals surface area contributed by atoms with Gasteiger partial charge in [0.15, 0.2) is 15.8 Å². The van der Waals surface area contributed by atoms with E-state index >= 15 is 0 Å². The fraction of sp³-hybridized carbons (Fsp3) is 0.389. The highest BCUT2D eigenvalue weighted by atomic mass is 35.5. The maximum Gasteiger partial charge on any atom is 0.193 e. The number of nitrogens with zero attached hydrogens (tertiary/aromatic N) is 2. The van der Waals surface area contributed by atoms with Crippen LogP contribution in [0.2, 0.25) is 4.34 Å². The van der Waals surface area contributed by atoms with Crippen molar-refractivity contribution in [1.29, 1.82) is 0 Å². The van der Waals surface area contributed by atoms with Gasteiger partial charge in [-0.25, -0.2) is 8.42 Å². The number of hydrogen-bond donors (Lipinski definition) is 1. The number of aliphatic imine (C=N–C) groups is 1. The van der Waals surface area contributed by atoms with Crippen LogP contribution in [0.15, 0.2) is 52.4 Å². The van der Waals surface area contributed by atoms with Crippen molar-refractivity contribution < 1.29 is 8.42 Å². The zero-order chi connectivity index (χ0) is 19.2. The molecule has 1 heterocycles. The van der Waals surface area contributed by atoms with Crippen LogP contribution in [-0.2, 0) is 16.4 Å². The maximum absolute atomic E-state index is 12.6. The summed E-state index contributed by atoms with van der Waals surface area (Å²) in [7, 11) is 0.253. The van der Waals surface area contributed by atoms with Gasteiger partial charge in [0.1, 0.15) is 0 Å². The Balaban J connectivity index is 2.04. The minimum absolute atomic E-state index is 0.0191. The third kappa shape index (κ3) is 5.72. The first-order valence-corrected chi connectivity index (χ1v) is 11.2. The predicted octanol–water partition coefficient (Wildman–Crippen LogP) is 3.66. The SMILES string of the molecule is CCC(CS(=O)(=O)c1ccccc1)NC(=NC)N(C)Cc1ccc(Cl)s1. The second-order valence-electron chi connectivity index (χ2n) is 5.95. The molecule has 5 nitrogen and oxygen atoms in total. The van der Waals surface area contributed by atoms with E-state index in [2.05, 4.69) is 10.3 Å². The van der Waals surface area contributed by atoms with Gasteiger partial charge in [0, 0.05) is 25.0 Å². The van der Waals surface area contributed by atoms with Gasteiger partial charge in [0.2, 0.25) is 0 Å². The standard InChI is InChI=1S/C18H24ClN3O2S2/c1-4-14(13-26(23,24)16-8-6-5-7-9-16)21-18(20-2)22(3)12-15-10-11-17(19)25-15/h5-11,14H,4,12-13H2,1-3H3,(H,20,21). The van der Waals surface area contributed by atoms with E-state index in [0.717, 1.165) is 9.21 Å². The molecule has 26 heavy (non-hydrogen) atoms. The minimum Gasteiger partial charge on any atom is -0.352 e. The van der Waals surface area contributed by atoms with Crippen molar-refractivity contribution in [3.05, 3.63) is 51.7 Å². The summed E-state index contributed by atoms with van der Waals surface area (Å²) in [6.07, 6.45) is 0.670. The summed E-state index contributed by atoms with van der Waals surface area (Å²) in [6.45, 7) is 2.61. The van der Waals surface area contributed by atoms with Gasteiger partial charge in [-0.05, 0) is 30.7 Å². The largest absolute Gasteiger partial charge is 0.352 e. The van der Waals surface area contributed by atoms with Crippen molar-refractivity contribution >= 4 is 38.7 Å². The molecular formula is C18H24ClN3O2S2. The number of thiophene rings is 1. The molecular weight excluding hydrogens is 390 g/mol. The number of halogens is 1. The normalized spacial score (nSPS) is 13.5. The molecule has 0 radical (unpaired) electrons. The molecule has 0 aliphatic rings. The van der Waals surface area contributed by atoms with E-state index in [-0.39, 0.29) is 11.8 Å². The molecule has 2 aromatic rings. The van der Waals surface area contributed by atoms with Crippen molar-refractivity contribution in [2.75, 3.05) is 19.8 Å². The van der Waals surface area contributed by atoms with Crippen molar-refractivity contribution in [2.24, 2.45) is 4.99 Å². The molecule has 0 saturated carbocycles. The zero-order valence-electron chi connectivity index (χ0n) is 15.1. The van der Waals surface area contributed by atoms with E-state index < -0.39 is 9.84 Å². The Morgan fingerprint density at radius 2 is 1.96 bits per heavy atom. The van der Waals surface area contributed by atoms with Crippen LogP contribution in [0.25, 0.3) is 0 Å². The first-order valence-electron chi connectivity index (χ1n) is 8.32. The van der Waals surface area contributed by atoms with Crippen molar-refractivity contribution in [3.63, 3.8) is 0 Å². The number of rotatable bonds is 7. The van der Waals surface area contributed by atoms with Gasteiger partial charge < -0.3 is 10.2 Å². The monoisotopic (exact) mass is 413 g/mol. The molecule has 0 amide bonds. The van der Waals surface area contributed by atoms with Gasteiger partial charge >= 0.3 is 0 Å². The summed E-state index contributed by atoms with van der Waals surface area (Å²) < 4.78 is 26.0. The quantitative estimate of drug-likeness (QED) is 0.555. The lowest BCUT2D eigenvalue weighted by Crippen LogP contribution is -2.46. The second-order valence-corrected chi connectivity index (χ2v) is 9.79. The van der Waals surface area contributed by atoms with E-state index in [1.54, 1.807) is 31.3 Å². The van der Waals surface area contributed by atoms with Gasteiger partial charge in [-0.1, -0.05) is 36.7 Å². The molecule has 0 aliphatic heterocycles. The first kappa shape index (κ1) is 20.7. The Morgan fingerprint density at radius 3 is 2.50 bits per heavy atom. The van der Waals surface area contributed by atoms with Gasteiger partial charge in [-0.15, -0.1) is 11.3 Å². The molecule has 8 heteroatoms. The topological polar surface area (TPSA) is 61.8 Å². The van der Waals surface area contributed by atoms with Crippen LogP contribution in [0.5, 0.6) is 0 Å². The average Bonchev–Trinajstić information content (AvgIpc) is 3.03. The third-order valence-corrected chi connectivity index (χ3v) is 6.99. The van der Waals surface area contributed by atoms with Gasteiger partial charge in [0.25, 0.3) is 0 Å². The van der Waals surface area contributed by atoms with Gasteiger partial charge in [-0.2, -0.15) is 0 Å². The molecule has 0 spiro atoms. The van der Waals surface area contributed by atoms with Crippen LogP contribution >= 0.6 is 22.9 Å². The molecule has 1 N–H and O–H groups in total. The lowest BCUT2D eigenvalue weighted by molar-refractivity contribution is 0.464. The highest BCUT2D eigenvalue weighted by molar-refractivity contribution is 7.91. The third-order valence-electron chi connectivity index (χ3n) is 3.94. The molecule has 1 aromatic heterocycles. The second kappa shape index (κ2) is 9.39. The molecule has 0 saturated heterocycles. The number of hydrogen-bond acceptors (Lipinski definition) is 4. The highest BCUT2D eigenvalue weighted by Crippen LogP contribution is 2.22. The van der Waals surface area contributed by atoms with Crippen molar-refractivity contribution in [3.8, 4) is 0 Å². The fourth-order valence-electron chi connectivity index (χ4n) is 2.52. The molecule has 2 rings (SSSR count). The van der Waals surface area contributed by atoms with Crippen LogP contribution in [-0.4, -0.2) is 45.2 Å². The minimum atomic E-state index is -3.36. The van der Waals surface area contributed by atoms with Crippen molar-refractivity contribution in [2.45, 2.75) is 30.8 Å². The summed E-state index contributed by atoms with van der Waals surface area (Å²) in [5.74, 6) is 0.676. The summed E-state index contributed by atoms with van der Waals surface area (Å²) in [5, 5.41) is 3.27. The van der Waals surface area contributed by atoms with E-state index in [0.29, 0.717) is 23.8 Å². The Hall–Kier alpha value is -1.57. The summed E-state index contributed by atoms with van der Waals surface area (Å²) in [4.78, 5) is 7.71. The summed E-state index contributed by atoms with van der Waals surface area (Å²) in [6, 6.07) is 12.2. The van der Waals surface area contributed by atoms with Crippen LogP contribution in [0.1, 0.15) is 18.2 Å². The Kier molecular flexibility index (Phi) is 7.49. The Morgan fingerprint density at radius 1 is 1.27 bits per heavy atom. The van der Waals surface area contributed by atoms with E-state index in [4.69, 9.17) is 11.6 Å². The first-order chi connectivity index (χ1) is 12.4. The molecule has 0 bridgehead atoms. The summed E-state index contributed by atoms with van der Waals surface area (Å²) in [5.41, 5.74) is 0. The van der Waals surface area contributed by atoms with E-state index in [1.165, 1.54) is 11.3 Å². The fourth-order valence-corrected chi connectivity index (χ4v) is 5.28. The van der Waals surface area contributed by atoms with Gasteiger partial charge in [-0.3, -0.25) is 4.99 Å². The summed E-state index contributed by atoms with van der Waals surface area (Å²) >= 11 is 7.50. The predicted molar refractivity (Wildman–Crippen MR) is 110 cm³/mol. The number of guanidine groups is 1. The zero-order valence-corrected chi connectivity index (χ0v) is 17.5. The molecule has 1 unspecified atom stereocenters. The van der Waals surface area contributed by atoms with Crippen LogP contribution in [0, 0.1) is 0 Å². The van der Waals surface area contributed by atoms with E-state index in [9.17, 15) is 8.42 Å². The molecule has 0 aliphatic carbocycles. The Bertz CT molecular complexity index is 835. The molecule has 1 aromatic carbocycles. The highest BCUT2D eigenvalue weighted by Gasteiger charge is 2.22. The Labute approximate surface area is 164 Å². The number of benzene rings is 1. The van der Waals surface area contributed by atoms with Crippen molar-refractivity contribution in [1.82, 2.24) is 10.2 Å².